The molecule has 0 atom stereocenters. The van der Waals surface area contributed by atoms with Crippen molar-refractivity contribution in [1.29, 1.82) is 0 Å². The molecule has 0 saturated carbocycles. The molecule has 0 bridgehead atoms. The third-order valence-electron chi connectivity index (χ3n) is 2.98. The van der Waals surface area contributed by atoms with E-state index < -0.39 is 16.4 Å². The van der Waals surface area contributed by atoms with Gasteiger partial charge in [-0.2, -0.15) is 0 Å². The van der Waals surface area contributed by atoms with Gasteiger partial charge in [-0.15, -0.1) is 0 Å². The average Bonchev–Trinajstić information content (AvgIpc) is 2.34. The molecule has 7 heteroatoms. The van der Waals surface area contributed by atoms with Gasteiger partial charge in [-0.3, -0.25) is 15.0 Å². The smallest absolute Gasteiger partial charge is 0.295 e. The van der Waals surface area contributed by atoms with Crippen molar-refractivity contribution in [3.05, 3.63) is 33.6 Å². The minimum absolute atomic E-state index is 0.361. The Bertz CT molecular complexity index is 461. The van der Waals surface area contributed by atoms with E-state index >= 15 is 0 Å². The first-order chi connectivity index (χ1) is 8.58. The Morgan fingerprint density at radius 2 is 2.11 bits per heavy atom. The van der Waals surface area contributed by atoms with Gasteiger partial charge in [0.15, 0.2) is 5.82 Å². The highest BCUT2D eigenvalue weighted by atomic mass is 19.1. The molecule has 2 rings (SSSR count). The summed E-state index contributed by atoms with van der Waals surface area (Å²) in [6.07, 6.45) is 0. The number of nitrogen functional groups attached to an aromatic ring is 1. The lowest BCUT2D eigenvalue weighted by Gasteiger charge is -2.27. The van der Waals surface area contributed by atoms with Crippen molar-refractivity contribution in [2.75, 3.05) is 31.9 Å². The van der Waals surface area contributed by atoms with Gasteiger partial charge in [0, 0.05) is 38.8 Å². The zero-order chi connectivity index (χ0) is 13.1. The predicted molar refractivity (Wildman–Crippen MR) is 65.6 cm³/mol. The second-order valence-electron chi connectivity index (χ2n) is 4.29. The first kappa shape index (κ1) is 12.7. The van der Waals surface area contributed by atoms with Crippen LogP contribution in [0.15, 0.2) is 12.1 Å². The van der Waals surface area contributed by atoms with Crippen molar-refractivity contribution in [3.8, 4) is 0 Å². The quantitative estimate of drug-likeness (QED) is 0.471. The molecule has 0 radical (unpaired) electrons. The maximum Gasteiger partial charge on any atom is 0.295 e. The van der Waals surface area contributed by atoms with Gasteiger partial charge >= 0.3 is 0 Å². The minimum Gasteiger partial charge on any atom is -0.391 e. The fraction of sp³-hybridized carbons (Fsp3) is 0.455. The van der Waals surface area contributed by atoms with E-state index in [2.05, 4.69) is 10.2 Å². The summed E-state index contributed by atoms with van der Waals surface area (Å²) in [6, 6.07) is 2.62. The number of nitro benzene ring substituents is 1. The molecule has 18 heavy (non-hydrogen) atoms. The number of nitro groups is 1. The van der Waals surface area contributed by atoms with Crippen LogP contribution in [0.25, 0.3) is 0 Å². The second-order valence-corrected chi connectivity index (χ2v) is 4.29. The zero-order valence-corrected chi connectivity index (χ0v) is 9.86. The molecule has 6 nitrogen and oxygen atoms in total. The molecule has 0 aromatic heterocycles. The fourth-order valence-electron chi connectivity index (χ4n) is 2.03. The van der Waals surface area contributed by atoms with E-state index in [-0.39, 0.29) is 5.69 Å². The Morgan fingerprint density at radius 3 is 2.72 bits per heavy atom. The molecule has 98 valence electrons. The van der Waals surface area contributed by atoms with Gasteiger partial charge in [-0.1, -0.05) is 0 Å². The number of piperazine rings is 1. The first-order valence-corrected chi connectivity index (χ1v) is 5.73. The lowest BCUT2D eigenvalue weighted by molar-refractivity contribution is -0.384. The molecule has 1 fully saturated rings. The van der Waals surface area contributed by atoms with Gasteiger partial charge in [-0.05, 0) is 11.6 Å². The summed E-state index contributed by atoms with van der Waals surface area (Å²) in [6.45, 7) is 3.94. The van der Waals surface area contributed by atoms with Crippen LogP contribution in [-0.2, 0) is 6.54 Å². The fourth-order valence-corrected chi connectivity index (χ4v) is 2.03. The molecule has 1 aromatic rings. The summed E-state index contributed by atoms with van der Waals surface area (Å²) in [5.74, 6) is -0.727. The standard InChI is InChI=1S/C11H15FN4O2/c12-9-5-8(6-10(11(9)13)16(17)18)7-15-3-1-14-2-4-15/h5-6,14H,1-4,7,13H2. The van der Waals surface area contributed by atoms with Crippen LogP contribution in [0.5, 0.6) is 0 Å². The third-order valence-corrected chi connectivity index (χ3v) is 2.98. The number of nitrogens with zero attached hydrogens (tertiary/aromatic N) is 2. The van der Waals surface area contributed by atoms with E-state index in [9.17, 15) is 14.5 Å². The molecule has 1 aliphatic heterocycles. The van der Waals surface area contributed by atoms with Crippen LogP contribution < -0.4 is 11.1 Å². The average molecular weight is 254 g/mol. The summed E-state index contributed by atoms with van der Waals surface area (Å²) in [5, 5.41) is 14.0. The van der Waals surface area contributed by atoms with Crippen LogP contribution in [0.2, 0.25) is 0 Å². The summed E-state index contributed by atoms with van der Waals surface area (Å²) < 4.78 is 13.5. The molecular weight excluding hydrogens is 239 g/mol. The zero-order valence-electron chi connectivity index (χ0n) is 9.86. The van der Waals surface area contributed by atoms with Gasteiger partial charge in [0.2, 0.25) is 0 Å². The van der Waals surface area contributed by atoms with Crippen molar-refractivity contribution in [1.82, 2.24) is 10.2 Å². The van der Waals surface area contributed by atoms with Crippen molar-refractivity contribution in [3.63, 3.8) is 0 Å². The first-order valence-electron chi connectivity index (χ1n) is 5.73. The van der Waals surface area contributed by atoms with Crippen LogP contribution in [0.4, 0.5) is 15.8 Å². The van der Waals surface area contributed by atoms with Crippen molar-refractivity contribution >= 4 is 11.4 Å². The van der Waals surface area contributed by atoms with Crippen LogP contribution in [0.3, 0.4) is 0 Å². The predicted octanol–water partition coefficient (Wildman–Crippen LogP) is 0.721. The van der Waals surface area contributed by atoms with Gasteiger partial charge < -0.3 is 11.1 Å². The molecule has 0 unspecified atom stereocenters. The van der Waals surface area contributed by atoms with Crippen molar-refractivity contribution < 1.29 is 9.31 Å². The Balaban J connectivity index is 2.20. The minimum atomic E-state index is -0.727. The Labute approximate surface area is 104 Å². The highest BCUT2D eigenvalue weighted by Crippen LogP contribution is 2.26. The van der Waals surface area contributed by atoms with Crippen LogP contribution >= 0.6 is 0 Å². The Kier molecular flexibility index (Phi) is 3.73. The maximum absolute atomic E-state index is 13.5. The number of rotatable bonds is 3. The lowest BCUT2D eigenvalue weighted by Crippen LogP contribution is -2.42. The number of hydrogen-bond acceptors (Lipinski definition) is 5. The number of hydrogen-bond donors (Lipinski definition) is 2. The summed E-state index contributed by atoms with van der Waals surface area (Å²) >= 11 is 0. The molecule has 0 aliphatic carbocycles. The summed E-state index contributed by atoms with van der Waals surface area (Å²) in [5.41, 5.74) is 5.16. The van der Waals surface area contributed by atoms with Crippen molar-refractivity contribution in [2.24, 2.45) is 0 Å². The third kappa shape index (κ3) is 2.74. The SMILES string of the molecule is Nc1c(F)cc(CN2CCNCC2)cc1[N+](=O)[O-]. The molecule has 1 saturated heterocycles. The topological polar surface area (TPSA) is 84.4 Å². The molecule has 0 spiro atoms. The Morgan fingerprint density at radius 1 is 1.44 bits per heavy atom. The molecule has 0 amide bonds. The van der Waals surface area contributed by atoms with E-state index in [1.54, 1.807) is 0 Å². The van der Waals surface area contributed by atoms with E-state index in [0.717, 1.165) is 26.2 Å². The maximum atomic E-state index is 13.5. The van der Waals surface area contributed by atoms with E-state index in [1.807, 2.05) is 0 Å². The van der Waals surface area contributed by atoms with Gasteiger partial charge in [0.25, 0.3) is 5.69 Å². The van der Waals surface area contributed by atoms with Crippen LogP contribution in [0.1, 0.15) is 5.56 Å². The van der Waals surface area contributed by atoms with Crippen molar-refractivity contribution in [2.45, 2.75) is 6.54 Å². The number of nitrogens with one attached hydrogen (secondary N) is 1. The molecule has 1 aromatic carbocycles. The second kappa shape index (κ2) is 5.28. The molecular formula is C11H15FN4O2. The lowest BCUT2D eigenvalue weighted by atomic mass is 10.1. The number of nitrogens with two attached hydrogens (primary N) is 1. The van der Waals surface area contributed by atoms with E-state index in [4.69, 9.17) is 5.73 Å². The van der Waals surface area contributed by atoms with Gasteiger partial charge in [0.05, 0.1) is 4.92 Å². The molecule has 3 N–H and O–H groups in total. The van der Waals surface area contributed by atoms with Crippen LogP contribution in [0, 0.1) is 15.9 Å². The number of anilines is 1. The Hall–Kier alpha value is -1.73. The van der Waals surface area contributed by atoms with E-state index in [0.29, 0.717) is 12.1 Å². The summed E-state index contributed by atoms with van der Waals surface area (Å²) in [7, 11) is 0. The van der Waals surface area contributed by atoms with Crippen LogP contribution in [-0.4, -0.2) is 36.0 Å². The van der Waals surface area contributed by atoms with E-state index in [1.165, 1.54) is 12.1 Å². The summed E-state index contributed by atoms with van der Waals surface area (Å²) in [4.78, 5) is 12.2. The molecule has 1 heterocycles. The van der Waals surface area contributed by atoms with Gasteiger partial charge in [0.1, 0.15) is 5.69 Å². The highest BCUT2D eigenvalue weighted by molar-refractivity contribution is 5.60. The largest absolute Gasteiger partial charge is 0.391 e. The highest BCUT2D eigenvalue weighted by Gasteiger charge is 2.19. The normalized spacial score (nSPS) is 16.7. The van der Waals surface area contributed by atoms with Gasteiger partial charge in [-0.25, -0.2) is 4.39 Å². The monoisotopic (exact) mass is 254 g/mol. The number of benzene rings is 1. The number of halogens is 1. The molecule has 1 aliphatic rings.